The zero-order chi connectivity index (χ0) is 15.9. The molecule has 5 nitrogen and oxygen atoms in total. The van der Waals surface area contributed by atoms with Gasteiger partial charge in [-0.2, -0.15) is 5.10 Å². The van der Waals surface area contributed by atoms with Crippen molar-refractivity contribution >= 4 is 16.7 Å². The molecule has 1 saturated heterocycles. The topological polar surface area (TPSA) is 75.0 Å². The van der Waals surface area contributed by atoms with E-state index in [0.717, 1.165) is 42.3 Å². The van der Waals surface area contributed by atoms with Crippen LogP contribution in [-0.2, 0) is 0 Å². The van der Waals surface area contributed by atoms with Crippen molar-refractivity contribution in [2.75, 3.05) is 6.54 Å². The maximum absolute atomic E-state index is 13.4. The second-order valence-electron chi connectivity index (χ2n) is 7.18. The maximum atomic E-state index is 13.4. The van der Waals surface area contributed by atoms with Crippen molar-refractivity contribution in [2.24, 2.45) is 11.8 Å². The summed E-state index contributed by atoms with van der Waals surface area (Å²) in [5.74, 6) is 7.14. The molecule has 1 saturated carbocycles. The Balaban J connectivity index is 1.68. The molecule has 2 fully saturated rings. The first-order valence-electron chi connectivity index (χ1n) is 8.69. The summed E-state index contributed by atoms with van der Waals surface area (Å²) >= 11 is 0. The van der Waals surface area contributed by atoms with Crippen LogP contribution in [0.4, 0.5) is 0 Å². The van der Waals surface area contributed by atoms with Gasteiger partial charge in [0.25, 0.3) is 0 Å². The number of rotatable bonds is 4. The normalized spacial score (nSPS) is 26.3. The summed E-state index contributed by atoms with van der Waals surface area (Å²) in [6, 6.07) is 5.80. The number of benzene rings is 1. The average molecular weight is 312 g/mol. The van der Waals surface area contributed by atoms with Gasteiger partial charge < -0.3 is 0 Å². The predicted molar refractivity (Wildman–Crippen MR) is 89.9 cm³/mol. The monoisotopic (exact) mass is 312 g/mol. The number of hydrazine groups is 1. The summed E-state index contributed by atoms with van der Waals surface area (Å²) in [6.07, 6.45) is 9.62. The summed E-state index contributed by atoms with van der Waals surface area (Å²) in [5.41, 5.74) is 1.21. The first-order valence-corrected chi connectivity index (χ1v) is 8.69. The standard InChI is InChI=1S/C18H24N4O/c19-22-9-3-8-18(22,11-13-4-1-2-5-13)17(23)14-6-7-16-15(10-14)12-20-21-16/h6-7,10,12-13H,1-5,8-9,11,19H2,(H,20,21). The number of carbonyl (C=O) groups is 1. The van der Waals surface area contributed by atoms with Gasteiger partial charge in [0.1, 0.15) is 0 Å². The molecule has 23 heavy (non-hydrogen) atoms. The molecule has 2 aliphatic rings. The van der Waals surface area contributed by atoms with Crippen molar-refractivity contribution < 1.29 is 4.79 Å². The third kappa shape index (κ3) is 2.48. The molecule has 0 amide bonds. The van der Waals surface area contributed by atoms with E-state index in [1.54, 1.807) is 6.20 Å². The Labute approximate surface area is 136 Å². The highest BCUT2D eigenvalue weighted by Gasteiger charge is 2.47. The molecule has 3 N–H and O–H groups in total. The summed E-state index contributed by atoms with van der Waals surface area (Å²) in [5, 5.41) is 9.79. The molecule has 5 heteroatoms. The SMILES string of the molecule is NN1CCCC1(CC1CCCC1)C(=O)c1ccc2[nH]ncc2c1. The number of aromatic nitrogens is 2. The van der Waals surface area contributed by atoms with E-state index < -0.39 is 5.54 Å². The van der Waals surface area contributed by atoms with Gasteiger partial charge in [-0.25, -0.2) is 5.01 Å². The Bertz CT molecular complexity index is 719. The van der Waals surface area contributed by atoms with Gasteiger partial charge in [-0.05, 0) is 43.4 Å². The van der Waals surface area contributed by atoms with Crippen LogP contribution < -0.4 is 5.84 Å². The van der Waals surface area contributed by atoms with Crippen LogP contribution in [0.2, 0.25) is 0 Å². The number of carbonyl (C=O) groups excluding carboxylic acids is 1. The van der Waals surface area contributed by atoms with Gasteiger partial charge in [0.2, 0.25) is 0 Å². The maximum Gasteiger partial charge on any atom is 0.184 e. The summed E-state index contributed by atoms with van der Waals surface area (Å²) in [6.45, 7) is 0.812. The Hall–Kier alpha value is -1.72. The molecule has 1 aliphatic carbocycles. The quantitative estimate of drug-likeness (QED) is 0.672. The molecule has 0 spiro atoms. The minimum Gasteiger partial charge on any atom is -0.292 e. The van der Waals surface area contributed by atoms with E-state index in [9.17, 15) is 4.79 Å². The molecule has 0 radical (unpaired) electrons. The van der Waals surface area contributed by atoms with Crippen molar-refractivity contribution in [1.29, 1.82) is 0 Å². The summed E-state index contributed by atoms with van der Waals surface area (Å²) < 4.78 is 0. The lowest BCUT2D eigenvalue weighted by atomic mass is 9.79. The van der Waals surface area contributed by atoms with Gasteiger partial charge in [0.15, 0.2) is 5.78 Å². The van der Waals surface area contributed by atoms with E-state index in [4.69, 9.17) is 5.84 Å². The smallest absolute Gasteiger partial charge is 0.184 e. The molecule has 1 aliphatic heterocycles. The first-order chi connectivity index (χ1) is 11.2. The minimum atomic E-state index is -0.508. The molecule has 4 rings (SSSR count). The molecule has 2 heterocycles. The Kier molecular flexibility index (Phi) is 3.70. The highest BCUT2D eigenvalue weighted by atomic mass is 16.1. The van der Waals surface area contributed by atoms with Crippen LogP contribution >= 0.6 is 0 Å². The lowest BCUT2D eigenvalue weighted by molar-refractivity contribution is 0.0590. The number of H-pyrrole nitrogens is 1. The molecule has 0 bridgehead atoms. The Morgan fingerprint density at radius 2 is 2.17 bits per heavy atom. The highest BCUT2D eigenvalue weighted by Crippen LogP contribution is 2.40. The fraction of sp³-hybridized carbons (Fsp3) is 0.556. The number of nitrogens with two attached hydrogens (primary N) is 1. The number of fused-ring (bicyclic) bond motifs is 1. The molecule has 1 aromatic carbocycles. The third-order valence-corrected chi connectivity index (χ3v) is 5.77. The fourth-order valence-corrected chi connectivity index (χ4v) is 4.50. The van der Waals surface area contributed by atoms with Gasteiger partial charge >= 0.3 is 0 Å². The highest BCUT2D eigenvalue weighted by molar-refractivity contribution is 6.05. The van der Waals surface area contributed by atoms with Gasteiger partial charge in [-0.1, -0.05) is 25.7 Å². The minimum absolute atomic E-state index is 0.188. The molecule has 2 aromatic rings. The molecular formula is C18H24N4O. The number of nitrogens with one attached hydrogen (secondary N) is 1. The van der Waals surface area contributed by atoms with E-state index in [1.807, 2.05) is 23.2 Å². The van der Waals surface area contributed by atoms with E-state index in [1.165, 1.54) is 25.7 Å². The number of aromatic amines is 1. The Morgan fingerprint density at radius 3 is 2.91 bits per heavy atom. The number of nitrogens with zero attached hydrogens (tertiary/aromatic N) is 2. The number of hydrogen-bond acceptors (Lipinski definition) is 4. The van der Waals surface area contributed by atoms with Gasteiger partial charge in [-0.15, -0.1) is 0 Å². The van der Waals surface area contributed by atoms with Crippen molar-refractivity contribution in [3.63, 3.8) is 0 Å². The van der Waals surface area contributed by atoms with Gasteiger partial charge in [-0.3, -0.25) is 15.7 Å². The number of hydrogen-bond donors (Lipinski definition) is 2. The van der Waals surface area contributed by atoms with Crippen molar-refractivity contribution in [2.45, 2.75) is 50.5 Å². The number of Topliss-reactive ketones (excluding diaryl/α,β-unsaturated/α-hetero) is 1. The first kappa shape index (κ1) is 14.8. The lowest BCUT2D eigenvalue weighted by Gasteiger charge is -2.36. The fourth-order valence-electron chi connectivity index (χ4n) is 4.50. The largest absolute Gasteiger partial charge is 0.292 e. The van der Waals surface area contributed by atoms with Crippen LogP contribution in [0.1, 0.15) is 55.3 Å². The molecule has 1 atom stereocenters. The van der Waals surface area contributed by atoms with Gasteiger partial charge in [0.05, 0.1) is 17.3 Å². The molecule has 1 aromatic heterocycles. The van der Waals surface area contributed by atoms with Crippen LogP contribution in [0.15, 0.2) is 24.4 Å². The predicted octanol–water partition coefficient (Wildman–Crippen LogP) is 3.03. The van der Waals surface area contributed by atoms with Crippen molar-refractivity contribution in [3.8, 4) is 0 Å². The van der Waals surface area contributed by atoms with E-state index in [0.29, 0.717) is 5.92 Å². The Morgan fingerprint density at radius 1 is 1.35 bits per heavy atom. The van der Waals surface area contributed by atoms with Crippen LogP contribution in [0, 0.1) is 5.92 Å². The molecular weight excluding hydrogens is 288 g/mol. The van der Waals surface area contributed by atoms with E-state index in [-0.39, 0.29) is 5.78 Å². The number of ketones is 1. The zero-order valence-corrected chi connectivity index (χ0v) is 13.4. The third-order valence-electron chi connectivity index (χ3n) is 5.77. The zero-order valence-electron chi connectivity index (χ0n) is 13.4. The van der Waals surface area contributed by atoms with E-state index >= 15 is 0 Å². The summed E-state index contributed by atoms with van der Waals surface area (Å²) in [7, 11) is 0. The summed E-state index contributed by atoms with van der Waals surface area (Å²) in [4.78, 5) is 13.4. The van der Waals surface area contributed by atoms with Crippen LogP contribution in [-0.4, -0.2) is 33.1 Å². The van der Waals surface area contributed by atoms with Crippen molar-refractivity contribution in [1.82, 2.24) is 15.2 Å². The average Bonchev–Trinajstić information content (AvgIpc) is 3.29. The van der Waals surface area contributed by atoms with Crippen LogP contribution in [0.25, 0.3) is 10.9 Å². The molecule has 1 unspecified atom stereocenters. The lowest BCUT2D eigenvalue weighted by Crippen LogP contribution is -2.54. The molecule has 122 valence electrons. The van der Waals surface area contributed by atoms with Crippen molar-refractivity contribution in [3.05, 3.63) is 30.0 Å². The second-order valence-corrected chi connectivity index (χ2v) is 7.18. The van der Waals surface area contributed by atoms with Crippen LogP contribution in [0.5, 0.6) is 0 Å². The second kappa shape index (κ2) is 5.73. The van der Waals surface area contributed by atoms with Gasteiger partial charge in [0, 0.05) is 17.5 Å². The van der Waals surface area contributed by atoms with E-state index in [2.05, 4.69) is 10.2 Å². The van der Waals surface area contributed by atoms with Crippen LogP contribution in [0.3, 0.4) is 0 Å².